The van der Waals surface area contributed by atoms with Crippen LogP contribution in [0.3, 0.4) is 0 Å². The van der Waals surface area contributed by atoms with Crippen LogP contribution in [0.1, 0.15) is 62.7 Å². The van der Waals surface area contributed by atoms with Crippen molar-refractivity contribution in [2.45, 2.75) is 71.3 Å². The molecule has 4 rings (SSSR count). The molecule has 0 aliphatic carbocycles. The number of carbonyl (C=O) groups excluding carboxylic acids is 4. The summed E-state index contributed by atoms with van der Waals surface area (Å²) >= 11 is 4.36. The number of anilines is 1. The summed E-state index contributed by atoms with van der Waals surface area (Å²) in [5.74, 6) is -2.20. The highest BCUT2D eigenvalue weighted by atomic mass is 79.9. The first-order valence-corrected chi connectivity index (χ1v) is 19.4. The molecular weight excluding hydrogens is 775 g/mol. The Kier molecular flexibility index (Phi) is 12.8. The van der Waals surface area contributed by atoms with Crippen molar-refractivity contribution in [3.8, 4) is 0 Å². The topological polar surface area (TPSA) is 163 Å². The van der Waals surface area contributed by atoms with Gasteiger partial charge in [-0.3, -0.25) is 18.9 Å². The molecule has 12 nitrogen and oxygen atoms in total. The third-order valence-electron chi connectivity index (χ3n) is 8.27. The van der Waals surface area contributed by atoms with E-state index in [1.807, 2.05) is 6.92 Å². The van der Waals surface area contributed by atoms with E-state index < -0.39 is 60.2 Å². The van der Waals surface area contributed by atoms with Crippen molar-refractivity contribution in [2.24, 2.45) is 5.41 Å². The van der Waals surface area contributed by atoms with E-state index in [1.165, 1.54) is 17.0 Å². The number of hydrogen-bond donors (Lipinski definition) is 3. The number of hydrogen-bond acceptors (Lipinski definition) is 8. The van der Waals surface area contributed by atoms with Crippen LogP contribution < -0.4 is 10.2 Å². The molecule has 17 heteroatoms. The second-order valence-corrected chi connectivity index (χ2v) is 16.8. The largest absolute Gasteiger partial charge is 0.464 e. The predicted octanol–water partition coefficient (Wildman–Crippen LogP) is 6.03. The van der Waals surface area contributed by atoms with Gasteiger partial charge in [-0.1, -0.05) is 49.7 Å². The zero-order valence-electron chi connectivity index (χ0n) is 28.7. The minimum atomic E-state index is -5.81. The van der Waals surface area contributed by atoms with Gasteiger partial charge in [0.25, 0.3) is 5.91 Å². The summed E-state index contributed by atoms with van der Waals surface area (Å²) in [4.78, 5) is 75.9. The number of thiophene rings is 1. The summed E-state index contributed by atoms with van der Waals surface area (Å²) in [5.41, 5.74) is -5.59. The van der Waals surface area contributed by atoms with Gasteiger partial charge in [0.05, 0.1) is 17.6 Å². The number of carbonyl (C=O) groups is 4. The number of nitrogens with one attached hydrogen (secondary N) is 1. The Morgan fingerprint density at radius 1 is 1.10 bits per heavy atom. The van der Waals surface area contributed by atoms with Crippen LogP contribution in [-0.2, 0) is 34.1 Å². The van der Waals surface area contributed by atoms with E-state index in [4.69, 9.17) is 19.3 Å². The molecule has 51 heavy (non-hydrogen) atoms. The number of amides is 3. The maximum Gasteiger partial charge on any atom is 0.399 e. The van der Waals surface area contributed by atoms with Crippen molar-refractivity contribution < 1.29 is 51.8 Å². The van der Waals surface area contributed by atoms with E-state index in [0.717, 1.165) is 27.9 Å². The molecule has 1 aromatic heterocycles. The first-order chi connectivity index (χ1) is 23.8. The Balaban J connectivity index is 1.65. The molecule has 278 valence electrons. The fourth-order valence-electron chi connectivity index (χ4n) is 5.70. The highest BCUT2D eigenvalue weighted by Crippen LogP contribution is 2.59. The first-order valence-electron chi connectivity index (χ1n) is 16.2. The van der Waals surface area contributed by atoms with Crippen molar-refractivity contribution >= 4 is 74.3 Å². The van der Waals surface area contributed by atoms with Gasteiger partial charge >= 0.3 is 19.2 Å². The lowest BCUT2D eigenvalue weighted by Crippen LogP contribution is -2.58. The van der Waals surface area contributed by atoms with Gasteiger partial charge in [-0.25, -0.2) is 4.79 Å². The minimum Gasteiger partial charge on any atom is -0.464 e. The molecule has 3 amide bonds. The van der Waals surface area contributed by atoms with Crippen molar-refractivity contribution in [1.29, 1.82) is 0 Å². The van der Waals surface area contributed by atoms with E-state index in [1.54, 1.807) is 56.9 Å². The first kappa shape index (κ1) is 40.5. The molecule has 3 N–H and O–H groups in total. The van der Waals surface area contributed by atoms with Crippen LogP contribution >= 0.6 is 34.9 Å². The highest BCUT2D eigenvalue weighted by molar-refractivity contribution is 9.10. The number of halogens is 3. The van der Waals surface area contributed by atoms with Crippen LogP contribution in [0.5, 0.6) is 0 Å². The molecule has 1 saturated heterocycles. The quantitative estimate of drug-likeness (QED) is 0.138. The zero-order valence-corrected chi connectivity index (χ0v) is 32.0. The maximum absolute atomic E-state index is 14.5. The molecule has 1 aliphatic heterocycles. The SMILES string of the molecule is CCCN(C(=O)[C@@H]1C[C@H](OCC(=O)OCC)CN1C(=O)C(NC(=O)c1cc2cc(C(F)(F)P(=O)(O)O)ccc2s1)C(C)(C)C)c1ccc(Br)cc1. The maximum atomic E-state index is 14.5. The molecule has 0 bridgehead atoms. The average Bonchev–Trinajstić information content (AvgIpc) is 3.69. The van der Waals surface area contributed by atoms with Gasteiger partial charge in [-0.2, -0.15) is 8.78 Å². The molecule has 1 fully saturated rings. The predicted molar refractivity (Wildman–Crippen MR) is 192 cm³/mol. The molecule has 0 spiro atoms. The fourth-order valence-corrected chi connectivity index (χ4v) is 7.39. The van der Waals surface area contributed by atoms with Crippen LogP contribution in [0.15, 0.2) is 53.0 Å². The standard InChI is InChI=1S/C34H41BrF2N3O9PS/c1-6-14-39(23-11-9-22(35)10-12-23)31(43)25-17-24(49-19-28(41)48-7-2)18-40(25)32(44)29(33(3,4)5)38-30(42)27-16-20-15-21(8-13-26(20)51-27)34(36,37)50(45,46)47/h8-13,15-16,24-25,29H,6-7,14,17-19H2,1-5H3,(H,38,42)(H2,45,46,47)/t24-,25-,29?/m0/s1. The third kappa shape index (κ3) is 9.40. The summed E-state index contributed by atoms with van der Waals surface area (Å²) in [6.45, 7) is 8.90. The lowest BCUT2D eigenvalue weighted by Gasteiger charge is -2.36. The Bertz CT molecular complexity index is 1810. The molecule has 1 aliphatic rings. The second kappa shape index (κ2) is 16.2. The van der Waals surface area contributed by atoms with Gasteiger partial charge in [-0.15, -0.1) is 11.3 Å². The van der Waals surface area contributed by atoms with Crippen molar-refractivity contribution in [3.05, 3.63) is 63.4 Å². The fraction of sp³-hybridized carbons (Fsp3) is 0.471. The molecule has 0 saturated carbocycles. The average molecular weight is 817 g/mol. The highest BCUT2D eigenvalue weighted by Gasteiger charge is 2.50. The summed E-state index contributed by atoms with van der Waals surface area (Å²) in [5, 5.41) is 2.93. The Labute approximate surface area is 306 Å². The van der Waals surface area contributed by atoms with Crippen molar-refractivity contribution in [2.75, 3.05) is 31.2 Å². The van der Waals surface area contributed by atoms with Gasteiger partial charge in [-0.05, 0) is 66.6 Å². The van der Waals surface area contributed by atoms with Gasteiger partial charge in [0, 0.05) is 39.9 Å². The van der Waals surface area contributed by atoms with E-state index in [-0.39, 0.29) is 42.3 Å². The lowest BCUT2D eigenvalue weighted by molar-refractivity contribution is -0.150. The monoisotopic (exact) mass is 815 g/mol. The summed E-state index contributed by atoms with van der Waals surface area (Å²) in [6.07, 6.45) is 0.0169. The number of nitrogens with zero attached hydrogens (tertiary/aromatic N) is 2. The van der Waals surface area contributed by atoms with Crippen LogP contribution in [0, 0.1) is 5.41 Å². The Hall–Kier alpha value is -3.27. The summed E-state index contributed by atoms with van der Waals surface area (Å²) in [7, 11) is -5.81. The molecule has 1 unspecified atom stereocenters. The van der Waals surface area contributed by atoms with Crippen molar-refractivity contribution in [3.63, 3.8) is 0 Å². The number of likely N-dealkylation sites (tertiary alicyclic amines) is 1. The van der Waals surface area contributed by atoms with Crippen LogP contribution in [-0.4, -0.2) is 82.9 Å². The number of benzene rings is 2. The minimum absolute atomic E-state index is 0.0448. The summed E-state index contributed by atoms with van der Waals surface area (Å²) < 4.78 is 52.2. The molecular formula is C34H41BrF2N3O9PS. The van der Waals surface area contributed by atoms with E-state index in [2.05, 4.69) is 21.2 Å². The normalized spacial score (nSPS) is 17.3. The van der Waals surface area contributed by atoms with E-state index >= 15 is 0 Å². The number of alkyl halides is 2. The van der Waals surface area contributed by atoms with Crippen molar-refractivity contribution in [1.82, 2.24) is 10.2 Å². The smallest absolute Gasteiger partial charge is 0.399 e. The van der Waals surface area contributed by atoms with E-state index in [9.17, 15) is 32.5 Å². The number of rotatable bonds is 13. The van der Waals surface area contributed by atoms with Crippen LogP contribution in [0.25, 0.3) is 10.1 Å². The molecule has 2 heterocycles. The number of fused-ring (bicyclic) bond motifs is 1. The zero-order chi connectivity index (χ0) is 37.9. The van der Waals surface area contributed by atoms with Gasteiger partial charge in [0.1, 0.15) is 18.7 Å². The van der Waals surface area contributed by atoms with E-state index in [0.29, 0.717) is 23.4 Å². The van der Waals surface area contributed by atoms with Gasteiger partial charge in [0.15, 0.2) is 0 Å². The lowest BCUT2D eigenvalue weighted by atomic mass is 9.85. The number of ether oxygens (including phenoxy) is 2. The molecule has 0 radical (unpaired) electrons. The van der Waals surface area contributed by atoms with Gasteiger partial charge < -0.3 is 34.4 Å². The Morgan fingerprint density at radius 2 is 1.76 bits per heavy atom. The summed E-state index contributed by atoms with van der Waals surface area (Å²) in [6, 6.07) is 9.36. The third-order valence-corrected chi connectivity index (χ3v) is 10.9. The van der Waals surface area contributed by atoms with Crippen LogP contribution in [0.2, 0.25) is 0 Å². The molecule has 2 aromatic carbocycles. The molecule has 3 atom stereocenters. The number of esters is 1. The van der Waals surface area contributed by atoms with Gasteiger partial charge in [0.2, 0.25) is 11.8 Å². The molecule has 3 aromatic rings. The van der Waals surface area contributed by atoms with Crippen LogP contribution in [0.4, 0.5) is 14.5 Å². The Morgan fingerprint density at radius 3 is 2.35 bits per heavy atom. The second-order valence-electron chi connectivity index (χ2n) is 13.2.